The molecule has 1 unspecified atom stereocenters. The first-order valence-corrected chi connectivity index (χ1v) is 5.80. The van der Waals surface area contributed by atoms with Gasteiger partial charge in [-0.3, -0.25) is 0 Å². The quantitative estimate of drug-likeness (QED) is 0.796. The second-order valence-corrected chi connectivity index (χ2v) is 4.85. The van der Waals surface area contributed by atoms with E-state index in [2.05, 4.69) is 30.2 Å². The van der Waals surface area contributed by atoms with Crippen molar-refractivity contribution >= 4 is 11.1 Å². The van der Waals surface area contributed by atoms with Crippen molar-refractivity contribution in [2.45, 2.75) is 32.2 Å². The van der Waals surface area contributed by atoms with E-state index in [9.17, 15) is 0 Å². The number of rotatable bonds is 1. The van der Waals surface area contributed by atoms with E-state index in [4.69, 9.17) is 4.42 Å². The topological polar surface area (TPSA) is 38.1 Å². The molecule has 1 aliphatic rings. The molecule has 2 aromatic rings. The highest BCUT2D eigenvalue weighted by Gasteiger charge is 2.34. The summed E-state index contributed by atoms with van der Waals surface area (Å²) in [7, 11) is 0. The highest BCUT2D eigenvalue weighted by molar-refractivity contribution is 5.73. The number of aromatic nitrogens is 1. The molecule has 1 N–H and O–H groups in total. The molecule has 1 atom stereocenters. The molecule has 84 valence electrons. The molecule has 2 heterocycles. The Labute approximate surface area is 94.9 Å². The van der Waals surface area contributed by atoms with Gasteiger partial charge in [0, 0.05) is 0 Å². The Hall–Kier alpha value is -1.35. The maximum absolute atomic E-state index is 5.86. The number of nitrogens with zero attached hydrogens (tertiary/aromatic N) is 1. The van der Waals surface area contributed by atoms with Crippen molar-refractivity contribution < 1.29 is 4.42 Å². The molecule has 0 aliphatic carbocycles. The lowest BCUT2D eigenvalue weighted by atomic mass is 10.0. The summed E-state index contributed by atoms with van der Waals surface area (Å²) < 4.78 is 5.86. The van der Waals surface area contributed by atoms with Gasteiger partial charge in [-0.05, 0) is 50.9 Å². The fourth-order valence-corrected chi connectivity index (χ4v) is 2.34. The predicted molar refractivity (Wildman–Crippen MR) is 63.3 cm³/mol. The third-order valence-electron chi connectivity index (χ3n) is 3.38. The second kappa shape index (κ2) is 3.32. The Balaban J connectivity index is 2.11. The van der Waals surface area contributed by atoms with Crippen LogP contribution in [0.4, 0.5) is 0 Å². The Kier molecular flexibility index (Phi) is 2.04. The van der Waals surface area contributed by atoms with E-state index in [1.807, 2.05) is 12.1 Å². The van der Waals surface area contributed by atoms with Gasteiger partial charge in [0.05, 0.1) is 5.54 Å². The van der Waals surface area contributed by atoms with Crippen LogP contribution in [-0.2, 0) is 5.54 Å². The maximum Gasteiger partial charge on any atom is 0.215 e. The lowest BCUT2D eigenvalue weighted by Crippen LogP contribution is -2.33. The van der Waals surface area contributed by atoms with Crippen molar-refractivity contribution in [2.24, 2.45) is 0 Å². The molecular formula is C13H16N2O. The number of benzene rings is 1. The van der Waals surface area contributed by atoms with Gasteiger partial charge in [-0.2, -0.15) is 0 Å². The summed E-state index contributed by atoms with van der Waals surface area (Å²) in [6.07, 6.45) is 2.28. The van der Waals surface area contributed by atoms with E-state index in [0.29, 0.717) is 0 Å². The molecule has 0 spiro atoms. The van der Waals surface area contributed by atoms with Gasteiger partial charge in [0.1, 0.15) is 5.52 Å². The molecule has 1 aliphatic heterocycles. The number of hydrogen-bond donors (Lipinski definition) is 1. The zero-order chi connectivity index (χ0) is 11.2. The van der Waals surface area contributed by atoms with E-state index in [1.54, 1.807) is 0 Å². The minimum absolute atomic E-state index is 0.0765. The molecule has 1 aromatic carbocycles. The van der Waals surface area contributed by atoms with Crippen molar-refractivity contribution in [3.05, 3.63) is 29.7 Å². The van der Waals surface area contributed by atoms with E-state index in [0.717, 1.165) is 30.0 Å². The summed E-state index contributed by atoms with van der Waals surface area (Å²) in [5.74, 6) is 0.825. The number of nitrogens with one attached hydrogen (secondary N) is 1. The predicted octanol–water partition coefficient (Wildman–Crippen LogP) is 2.73. The first kappa shape index (κ1) is 9.85. The monoisotopic (exact) mass is 216 g/mol. The Morgan fingerprint density at radius 3 is 3.06 bits per heavy atom. The largest absolute Gasteiger partial charge is 0.439 e. The molecule has 1 fully saturated rings. The molecule has 0 radical (unpaired) electrons. The van der Waals surface area contributed by atoms with Crippen molar-refractivity contribution in [2.75, 3.05) is 6.54 Å². The van der Waals surface area contributed by atoms with Crippen LogP contribution in [0, 0.1) is 6.92 Å². The van der Waals surface area contributed by atoms with Gasteiger partial charge in [-0.1, -0.05) is 6.07 Å². The highest BCUT2D eigenvalue weighted by atomic mass is 16.4. The van der Waals surface area contributed by atoms with Gasteiger partial charge < -0.3 is 9.73 Å². The third-order valence-corrected chi connectivity index (χ3v) is 3.38. The molecule has 3 heteroatoms. The molecule has 1 saturated heterocycles. The van der Waals surface area contributed by atoms with E-state index < -0.39 is 0 Å². The van der Waals surface area contributed by atoms with Gasteiger partial charge in [0.25, 0.3) is 0 Å². The van der Waals surface area contributed by atoms with Gasteiger partial charge >= 0.3 is 0 Å². The minimum Gasteiger partial charge on any atom is -0.439 e. The van der Waals surface area contributed by atoms with Crippen LogP contribution in [0.25, 0.3) is 11.1 Å². The average Bonchev–Trinajstić information content (AvgIpc) is 2.84. The fraction of sp³-hybridized carbons (Fsp3) is 0.462. The SMILES string of the molecule is Cc1ccc2nc(C3(C)CCCN3)oc2c1. The van der Waals surface area contributed by atoms with Crippen LogP contribution in [-0.4, -0.2) is 11.5 Å². The molecule has 16 heavy (non-hydrogen) atoms. The number of hydrogen-bond acceptors (Lipinski definition) is 3. The lowest BCUT2D eigenvalue weighted by Gasteiger charge is -2.19. The lowest BCUT2D eigenvalue weighted by molar-refractivity contribution is 0.330. The molecule has 3 nitrogen and oxygen atoms in total. The van der Waals surface area contributed by atoms with Gasteiger partial charge in [-0.25, -0.2) is 4.98 Å². The summed E-state index contributed by atoms with van der Waals surface area (Å²) >= 11 is 0. The van der Waals surface area contributed by atoms with E-state index in [1.165, 1.54) is 12.0 Å². The Morgan fingerprint density at radius 1 is 1.44 bits per heavy atom. The Morgan fingerprint density at radius 2 is 2.31 bits per heavy atom. The highest BCUT2D eigenvalue weighted by Crippen LogP contribution is 2.31. The normalized spacial score (nSPS) is 25.4. The fourth-order valence-electron chi connectivity index (χ4n) is 2.34. The number of fused-ring (bicyclic) bond motifs is 1. The van der Waals surface area contributed by atoms with Crippen LogP contribution < -0.4 is 5.32 Å². The van der Waals surface area contributed by atoms with Gasteiger partial charge in [0.2, 0.25) is 5.89 Å². The molecule has 0 amide bonds. The third kappa shape index (κ3) is 1.43. The molecule has 1 aromatic heterocycles. The van der Waals surface area contributed by atoms with Crippen LogP contribution in [0.1, 0.15) is 31.2 Å². The minimum atomic E-state index is -0.0765. The van der Waals surface area contributed by atoms with Crippen molar-refractivity contribution in [3.8, 4) is 0 Å². The Bertz CT molecular complexity index is 524. The molecular weight excluding hydrogens is 200 g/mol. The summed E-state index contributed by atoms with van der Waals surface area (Å²) in [5, 5.41) is 3.47. The number of aryl methyl sites for hydroxylation is 1. The average molecular weight is 216 g/mol. The van der Waals surface area contributed by atoms with Crippen LogP contribution >= 0.6 is 0 Å². The van der Waals surface area contributed by atoms with E-state index >= 15 is 0 Å². The molecule has 0 bridgehead atoms. The molecule has 3 rings (SSSR count). The van der Waals surface area contributed by atoms with Gasteiger partial charge in [-0.15, -0.1) is 0 Å². The van der Waals surface area contributed by atoms with Crippen LogP contribution in [0.3, 0.4) is 0 Å². The summed E-state index contributed by atoms with van der Waals surface area (Å²) in [4.78, 5) is 4.58. The van der Waals surface area contributed by atoms with Crippen LogP contribution in [0.5, 0.6) is 0 Å². The van der Waals surface area contributed by atoms with Crippen molar-refractivity contribution in [1.82, 2.24) is 10.3 Å². The number of oxazole rings is 1. The van der Waals surface area contributed by atoms with Crippen LogP contribution in [0.2, 0.25) is 0 Å². The molecule has 0 saturated carbocycles. The zero-order valence-corrected chi connectivity index (χ0v) is 9.71. The smallest absolute Gasteiger partial charge is 0.215 e. The standard InChI is InChI=1S/C13H16N2O/c1-9-4-5-10-11(8-9)16-12(15-10)13(2)6-3-7-14-13/h4-5,8,14H,3,6-7H2,1-2H3. The van der Waals surface area contributed by atoms with Crippen molar-refractivity contribution in [3.63, 3.8) is 0 Å². The maximum atomic E-state index is 5.86. The first-order chi connectivity index (χ1) is 7.67. The van der Waals surface area contributed by atoms with Crippen molar-refractivity contribution in [1.29, 1.82) is 0 Å². The van der Waals surface area contributed by atoms with E-state index in [-0.39, 0.29) is 5.54 Å². The summed E-state index contributed by atoms with van der Waals surface area (Å²) in [6, 6.07) is 6.14. The van der Waals surface area contributed by atoms with Crippen LogP contribution in [0.15, 0.2) is 22.6 Å². The summed E-state index contributed by atoms with van der Waals surface area (Å²) in [5.41, 5.74) is 2.98. The summed E-state index contributed by atoms with van der Waals surface area (Å²) in [6.45, 7) is 5.28. The zero-order valence-electron chi connectivity index (χ0n) is 9.71. The second-order valence-electron chi connectivity index (χ2n) is 4.85. The van der Waals surface area contributed by atoms with Gasteiger partial charge in [0.15, 0.2) is 5.58 Å². The first-order valence-electron chi connectivity index (χ1n) is 5.80.